The summed E-state index contributed by atoms with van der Waals surface area (Å²) in [4.78, 5) is 3.31. The molecule has 0 saturated carbocycles. The fraction of sp³-hybridized carbons (Fsp3) is 0.263. The predicted octanol–water partition coefficient (Wildman–Crippen LogP) is 4.59. The molecule has 2 N–H and O–H groups in total. The van der Waals surface area contributed by atoms with Crippen LogP contribution in [-0.4, -0.2) is 25.7 Å². The number of halogens is 2. The quantitative estimate of drug-likeness (QED) is 0.589. The average Bonchev–Trinajstić information content (AvgIpc) is 3.01. The van der Waals surface area contributed by atoms with E-state index in [-0.39, 0.29) is 12.4 Å². The summed E-state index contributed by atoms with van der Waals surface area (Å²) in [5.41, 5.74) is 3.57. The van der Waals surface area contributed by atoms with Crippen LogP contribution in [0.1, 0.15) is 11.1 Å². The van der Waals surface area contributed by atoms with Crippen LogP contribution in [0.25, 0.3) is 10.9 Å². The van der Waals surface area contributed by atoms with E-state index in [0.29, 0.717) is 16.5 Å². The Kier molecular flexibility index (Phi) is 7.00. The number of nitrogens with one attached hydrogen (secondary N) is 2. The molecule has 1 aromatic heterocycles. The van der Waals surface area contributed by atoms with E-state index in [1.165, 1.54) is 16.5 Å². The highest BCUT2D eigenvalue weighted by Crippen LogP contribution is 2.35. The molecule has 3 rings (SSSR count). The number of benzene rings is 2. The molecular formula is C19H22Cl2N2O2. The summed E-state index contributed by atoms with van der Waals surface area (Å²) in [6.45, 7) is 1.61. The van der Waals surface area contributed by atoms with Gasteiger partial charge in [0.05, 0.1) is 19.2 Å². The molecule has 0 saturated heterocycles. The number of hydrogen-bond acceptors (Lipinski definition) is 3. The number of H-pyrrole nitrogens is 1. The van der Waals surface area contributed by atoms with Gasteiger partial charge in [-0.2, -0.15) is 0 Å². The number of methoxy groups -OCH3 is 2. The number of fused-ring (bicyclic) bond motifs is 1. The molecule has 0 bridgehead atoms. The minimum Gasteiger partial charge on any atom is -0.493 e. The number of para-hydroxylation sites is 1. The lowest BCUT2D eigenvalue weighted by Crippen LogP contribution is -2.16. The van der Waals surface area contributed by atoms with Gasteiger partial charge >= 0.3 is 0 Å². The van der Waals surface area contributed by atoms with E-state index in [2.05, 4.69) is 34.7 Å². The molecule has 134 valence electrons. The van der Waals surface area contributed by atoms with Crippen LogP contribution < -0.4 is 14.8 Å². The SMILES string of the molecule is COc1cc(CNCCc2c[nH]c3ccccc23)cc(Cl)c1OC.Cl. The van der Waals surface area contributed by atoms with Crippen LogP contribution in [0.5, 0.6) is 11.5 Å². The van der Waals surface area contributed by atoms with E-state index in [9.17, 15) is 0 Å². The van der Waals surface area contributed by atoms with Gasteiger partial charge in [-0.15, -0.1) is 12.4 Å². The largest absolute Gasteiger partial charge is 0.493 e. The number of hydrogen-bond donors (Lipinski definition) is 2. The molecule has 0 radical (unpaired) electrons. The zero-order valence-electron chi connectivity index (χ0n) is 14.3. The van der Waals surface area contributed by atoms with E-state index < -0.39 is 0 Å². The molecule has 0 unspecified atom stereocenters. The Morgan fingerprint density at radius 1 is 1.12 bits per heavy atom. The smallest absolute Gasteiger partial charge is 0.179 e. The van der Waals surface area contributed by atoms with E-state index in [1.807, 2.05) is 18.2 Å². The third-order valence-corrected chi connectivity index (χ3v) is 4.35. The fourth-order valence-electron chi connectivity index (χ4n) is 2.87. The van der Waals surface area contributed by atoms with Gasteiger partial charge < -0.3 is 19.8 Å². The van der Waals surface area contributed by atoms with Crippen LogP contribution in [0, 0.1) is 0 Å². The van der Waals surface area contributed by atoms with Crippen LogP contribution in [0.3, 0.4) is 0 Å². The first kappa shape index (κ1) is 19.4. The average molecular weight is 381 g/mol. The zero-order chi connectivity index (χ0) is 16.9. The first-order valence-corrected chi connectivity index (χ1v) is 8.27. The lowest BCUT2D eigenvalue weighted by molar-refractivity contribution is 0.354. The Bertz CT molecular complexity index is 833. The number of aromatic amines is 1. The third-order valence-electron chi connectivity index (χ3n) is 4.07. The standard InChI is InChI=1S/C19H21ClN2O2.ClH/c1-23-18-10-13(9-16(20)19(18)24-2)11-21-8-7-14-12-22-17-6-4-3-5-15(14)17;/h3-6,9-10,12,21-22H,7-8,11H2,1-2H3;1H. The second-order valence-electron chi connectivity index (χ2n) is 5.60. The third kappa shape index (κ3) is 4.40. The summed E-state index contributed by atoms with van der Waals surface area (Å²) in [5.74, 6) is 1.22. The highest BCUT2D eigenvalue weighted by molar-refractivity contribution is 6.32. The van der Waals surface area contributed by atoms with Crippen LogP contribution in [-0.2, 0) is 13.0 Å². The van der Waals surface area contributed by atoms with Gasteiger partial charge in [0, 0.05) is 23.6 Å². The Morgan fingerprint density at radius 3 is 2.68 bits per heavy atom. The van der Waals surface area contributed by atoms with Crippen molar-refractivity contribution in [1.29, 1.82) is 0 Å². The van der Waals surface area contributed by atoms with Crippen molar-refractivity contribution < 1.29 is 9.47 Å². The van der Waals surface area contributed by atoms with E-state index in [0.717, 1.165) is 25.1 Å². The van der Waals surface area contributed by atoms with Crippen molar-refractivity contribution in [2.75, 3.05) is 20.8 Å². The lowest BCUT2D eigenvalue weighted by Gasteiger charge is -2.12. The van der Waals surface area contributed by atoms with Crippen LogP contribution in [0.15, 0.2) is 42.6 Å². The molecule has 0 spiro atoms. The van der Waals surface area contributed by atoms with Gasteiger partial charge in [-0.3, -0.25) is 0 Å². The summed E-state index contributed by atoms with van der Waals surface area (Å²) in [6, 6.07) is 12.2. The van der Waals surface area contributed by atoms with Crippen LogP contribution in [0.4, 0.5) is 0 Å². The molecule has 3 aromatic rings. The normalized spacial score (nSPS) is 10.5. The van der Waals surface area contributed by atoms with Crippen molar-refractivity contribution in [2.45, 2.75) is 13.0 Å². The first-order valence-electron chi connectivity index (χ1n) is 7.89. The van der Waals surface area contributed by atoms with Crippen LogP contribution in [0.2, 0.25) is 5.02 Å². The summed E-state index contributed by atoms with van der Waals surface area (Å²) in [6.07, 6.45) is 3.05. The lowest BCUT2D eigenvalue weighted by atomic mass is 10.1. The summed E-state index contributed by atoms with van der Waals surface area (Å²) < 4.78 is 10.6. The van der Waals surface area contributed by atoms with Gasteiger partial charge in [-0.05, 0) is 42.3 Å². The van der Waals surface area contributed by atoms with Crippen LogP contribution >= 0.6 is 24.0 Å². The molecule has 4 nitrogen and oxygen atoms in total. The Morgan fingerprint density at radius 2 is 1.92 bits per heavy atom. The molecule has 0 atom stereocenters. The maximum Gasteiger partial charge on any atom is 0.179 e. The number of aromatic nitrogens is 1. The maximum absolute atomic E-state index is 6.24. The van der Waals surface area contributed by atoms with E-state index >= 15 is 0 Å². The van der Waals surface area contributed by atoms with Gasteiger partial charge in [0.2, 0.25) is 0 Å². The molecule has 25 heavy (non-hydrogen) atoms. The monoisotopic (exact) mass is 380 g/mol. The highest BCUT2D eigenvalue weighted by Gasteiger charge is 2.10. The molecule has 1 heterocycles. The minimum absolute atomic E-state index is 0. The van der Waals surface area contributed by atoms with Crippen molar-refractivity contribution in [3.05, 3.63) is 58.7 Å². The minimum atomic E-state index is 0. The van der Waals surface area contributed by atoms with Crippen molar-refractivity contribution in [3.8, 4) is 11.5 Å². The number of rotatable bonds is 7. The van der Waals surface area contributed by atoms with E-state index in [4.69, 9.17) is 21.1 Å². The molecular weight excluding hydrogens is 359 g/mol. The summed E-state index contributed by atoms with van der Waals surface area (Å²) in [7, 11) is 3.20. The van der Waals surface area contributed by atoms with Gasteiger partial charge in [0.25, 0.3) is 0 Å². The molecule has 0 aliphatic rings. The second-order valence-corrected chi connectivity index (χ2v) is 6.01. The van der Waals surface area contributed by atoms with Gasteiger partial charge in [-0.1, -0.05) is 29.8 Å². The van der Waals surface area contributed by atoms with E-state index in [1.54, 1.807) is 14.2 Å². The number of ether oxygens (including phenoxy) is 2. The van der Waals surface area contributed by atoms with Gasteiger partial charge in [-0.25, -0.2) is 0 Å². The maximum atomic E-state index is 6.24. The molecule has 0 fully saturated rings. The molecule has 0 amide bonds. The Labute approximate surface area is 158 Å². The van der Waals surface area contributed by atoms with Crippen molar-refractivity contribution in [1.82, 2.24) is 10.3 Å². The first-order chi connectivity index (χ1) is 11.7. The highest BCUT2D eigenvalue weighted by atomic mass is 35.5. The van der Waals surface area contributed by atoms with Gasteiger partial charge in [0.15, 0.2) is 11.5 Å². The van der Waals surface area contributed by atoms with Crippen molar-refractivity contribution >= 4 is 34.9 Å². The zero-order valence-corrected chi connectivity index (χ0v) is 15.8. The molecule has 0 aliphatic heterocycles. The molecule has 2 aromatic carbocycles. The fourth-order valence-corrected chi connectivity index (χ4v) is 3.18. The second kappa shape index (κ2) is 8.99. The Hall–Kier alpha value is -1.88. The van der Waals surface area contributed by atoms with Gasteiger partial charge in [0.1, 0.15) is 0 Å². The van der Waals surface area contributed by atoms with Crippen molar-refractivity contribution in [2.24, 2.45) is 0 Å². The molecule has 6 heteroatoms. The predicted molar refractivity (Wildman–Crippen MR) is 106 cm³/mol. The van der Waals surface area contributed by atoms with Crippen molar-refractivity contribution in [3.63, 3.8) is 0 Å². The summed E-state index contributed by atoms with van der Waals surface area (Å²) >= 11 is 6.24. The molecule has 0 aliphatic carbocycles. The summed E-state index contributed by atoms with van der Waals surface area (Å²) in [5, 5.41) is 5.30. The topological polar surface area (TPSA) is 46.3 Å². The Balaban J connectivity index is 0.00000225.